The first kappa shape index (κ1) is 37.9. The first-order valence-corrected chi connectivity index (χ1v) is 18.1. The molecular weight excluding hydrogens is 743 g/mol. The van der Waals surface area contributed by atoms with Gasteiger partial charge in [-0.2, -0.15) is 13.2 Å². The minimum Gasteiger partial charge on any atom is -0.354 e. The van der Waals surface area contributed by atoms with E-state index in [1.807, 2.05) is 25.1 Å². The summed E-state index contributed by atoms with van der Waals surface area (Å²) >= 11 is 9.28. The van der Waals surface area contributed by atoms with E-state index in [2.05, 4.69) is 21.2 Å². The molecule has 1 N–H and O–H groups in total. The topological polar surface area (TPSA) is 86.8 Å². The Morgan fingerprint density at radius 2 is 1.57 bits per heavy atom. The number of sulfonamides is 1. The molecule has 0 radical (unpaired) electrons. The largest absolute Gasteiger partial charge is 0.417 e. The van der Waals surface area contributed by atoms with Gasteiger partial charge in [0.05, 0.1) is 21.2 Å². The molecule has 0 saturated heterocycles. The highest BCUT2D eigenvalue weighted by molar-refractivity contribution is 9.10. The van der Waals surface area contributed by atoms with Gasteiger partial charge in [0, 0.05) is 24.0 Å². The van der Waals surface area contributed by atoms with Crippen molar-refractivity contribution in [3.8, 4) is 0 Å². The van der Waals surface area contributed by atoms with Gasteiger partial charge in [0.15, 0.2) is 0 Å². The molecule has 0 spiro atoms. The van der Waals surface area contributed by atoms with E-state index in [4.69, 9.17) is 11.6 Å². The van der Waals surface area contributed by atoms with Crippen LogP contribution in [-0.2, 0) is 38.8 Å². The van der Waals surface area contributed by atoms with Gasteiger partial charge < -0.3 is 10.2 Å². The molecule has 2 amide bonds. The van der Waals surface area contributed by atoms with Crippen LogP contribution in [0.4, 0.5) is 18.9 Å². The Morgan fingerprint density at radius 3 is 2.18 bits per heavy atom. The molecule has 260 valence electrons. The van der Waals surface area contributed by atoms with Crippen LogP contribution in [0.3, 0.4) is 0 Å². The van der Waals surface area contributed by atoms with Crippen molar-refractivity contribution in [1.29, 1.82) is 0 Å². The molecule has 7 nitrogen and oxygen atoms in total. The van der Waals surface area contributed by atoms with Gasteiger partial charge in [-0.15, -0.1) is 0 Å². The van der Waals surface area contributed by atoms with Crippen LogP contribution in [0.25, 0.3) is 0 Å². The maximum atomic E-state index is 14.5. The molecule has 0 aliphatic carbocycles. The van der Waals surface area contributed by atoms with E-state index in [-0.39, 0.29) is 17.9 Å². The third-order valence-electron chi connectivity index (χ3n) is 7.80. The number of halogens is 5. The maximum absolute atomic E-state index is 14.5. The summed E-state index contributed by atoms with van der Waals surface area (Å²) in [5, 5.41) is 2.27. The fraction of sp³-hybridized carbons (Fsp3) is 0.278. The number of carbonyl (C=O) groups is 2. The molecule has 4 aromatic carbocycles. The number of rotatable bonds is 14. The van der Waals surface area contributed by atoms with Crippen molar-refractivity contribution >= 4 is 55.1 Å². The molecule has 0 fully saturated rings. The summed E-state index contributed by atoms with van der Waals surface area (Å²) in [7, 11) is -4.61. The summed E-state index contributed by atoms with van der Waals surface area (Å²) in [6, 6.07) is 23.4. The first-order valence-electron chi connectivity index (χ1n) is 15.5. The lowest BCUT2D eigenvalue weighted by Gasteiger charge is -2.34. The number of amides is 2. The van der Waals surface area contributed by atoms with Crippen molar-refractivity contribution in [3.63, 3.8) is 0 Å². The number of nitrogens with one attached hydrogen (secondary N) is 1. The minimum absolute atomic E-state index is 0.0857. The van der Waals surface area contributed by atoms with E-state index >= 15 is 0 Å². The van der Waals surface area contributed by atoms with Gasteiger partial charge in [-0.1, -0.05) is 101 Å². The Morgan fingerprint density at radius 1 is 0.918 bits per heavy atom. The summed E-state index contributed by atoms with van der Waals surface area (Å²) in [5.41, 5.74) is 0.484. The Kier molecular flexibility index (Phi) is 12.9. The van der Waals surface area contributed by atoms with Gasteiger partial charge in [0.1, 0.15) is 12.6 Å². The average Bonchev–Trinajstić information content (AvgIpc) is 3.06. The number of carbonyl (C=O) groups excluding carboxylic acids is 2. The Bertz CT molecular complexity index is 1840. The predicted molar refractivity (Wildman–Crippen MR) is 189 cm³/mol. The second-order valence-electron chi connectivity index (χ2n) is 11.5. The van der Waals surface area contributed by atoms with Crippen LogP contribution in [0.2, 0.25) is 5.02 Å². The molecule has 1 atom stereocenters. The van der Waals surface area contributed by atoms with Gasteiger partial charge in [-0.3, -0.25) is 13.9 Å². The zero-order chi connectivity index (χ0) is 35.8. The predicted octanol–water partition coefficient (Wildman–Crippen LogP) is 8.18. The highest BCUT2D eigenvalue weighted by atomic mass is 79.9. The molecule has 0 aliphatic heterocycles. The summed E-state index contributed by atoms with van der Waals surface area (Å²) in [6.07, 6.45) is -3.28. The highest BCUT2D eigenvalue weighted by Crippen LogP contribution is 2.38. The van der Waals surface area contributed by atoms with Crippen molar-refractivity contribution < 1.29 is 31.2 Å². The smallest absolute Gasteiger partial charge is 0.354 e. The number of aryl methyl sites for hydroxylation is 1. The summed E-state index contributed by atoms with van der Waals surface area (Å²) in [6.45, 7) is 3.10. The average molecular weight is 779 g/mol. The third-order valence-corrected chi connectivity index (χ3v) is 10.4. The normalized spacial score (nSPS) is 12.3. The Hall–Kier alpha value is -3.87. The molecule has 13 heteroatoms. The van der Waals surface area contributed by atoms with Crippen molar-refractivity contribution in [3.05, 3.63) is 129 Å². The van der Waals surface area contributed by atoms with E-state index in [0.717, 1.165) is 34.2 Å². The van der Waals surface area contributed by atoms with Gasteiger partial charge >= 0.3 is 6.18 Å². The molecule has 49 heavy (non-hydrogen) atoms. The maximum Gasteiger partial charge on any atom is 0.417 e. The lowest BCUT2D eigenvalue weighted by molar-refractivity contribution is -0.140. The van der Waals surface area contributed by atoms with Crippen LogP contribution in [0.1, 0.15) is 42.0 Å². The minimum atomic E-state index is -4.90. The lowest BCUT2D eigenvalue weighted by atomic mass is 10.0. The van der Waals surface area contributed by atoms with Gasteiger partial charge in [0.2, 0.25) is 11.8 Å². The first-order chi connectivity index (χ1) is 23.2. The molecule has 0 aromatic heterocycles. The van der Waals surface area contributed by atoms with E-state index in [1.165, 1.54) is 17.0 Å². The zero-order valence-corrected chi connectivity index (χ0v) is 30.0. The van der Waals surface area contributed by atoms with E-state index in [1.54, 1.807) is 55.5 Å². The second-order valence-corrected chi connectivity index (χ2v) is 14.7. The second kappa shape index (κ2) is 16.7. The summed E-state index contributed by atoms with van der Waals surface area (Å²) < 4.78 is 71.7. The molecule has 0 unspecified atom stereocenters. The number of unbranched alkanes of at least 4 members (excludes halogenated alkanes) is 1. The molecular formula is C36H36BrClF3N3O4S. The summed E-state index contributed by atoms with van der Waals surface area (Å²) in [5.74, 6) is -1.24. The number of benzene rings is 4. The van der Waals surface area contributed by atoms with Crippen LogP contribution < -0.4 is 9.62 Å². The number of alkyl halides is 3. The van der Waals surface area contributed by atoms with Crippen LogP contribution in [0.5, 0.6) is 0 Å². The SMILES string of the molecule is CCCCNC(=O)[C@H](Cc1ccccc1)N(Cc1ccc(Br)cc1)C(=O)CN(c1ccc(Cl)c(C(F)(F)F)c1)S(=O)(=O)c1ccc(C)cc1. The monoisotopic (exact) mass is 777 g/mol. The van der Waals surface area contributed by atoms with Crippen LogP contribution >= 0.6 is 27.5 Å². The van der Waals surface area contributed by atoms with Crippen molar-refractivity contribution in [2.24, 2.45) is 0 Å². The van der Waals surface area contributed by atoms with Crippen LogP contribution in [0.15, 0.2) is 106 Å². The Labute approximate surface area is 298 Å². The van der Waals surface area contributed by atoms with Crippen molar-refractivity contribution in [1.82, 2.24) is 10.2 Å². The fourth-order valence-corrected chi connectivity index (χ4v) is 6.99. The molecule has 0 heterocycles. The zero-order valence-electron chi connectivity index (χ0n) is 26.9. The van der Waals surface area contributed by atoms with Crippen molar-refractivity contribution in [2.75, 3.05) is 17.4 Å². The molecule has 4 aromatic rings. The lowest BCUT2D eigenvalue weighted by Crippen LogP contribution is -2.53. The number of hydrogen-bond acceptors (Lipinski definition) is 4. The fourth-order valence-electron chi connectivity index (χ4n) is 5.10. The third kappa shape index (κ3) is 10.1. The number of nitrogens with zero attached hydrogens (tertiary/aromatic N) is 2. The standard InChI is InChI=1S/C36H36BrClF3N3O4S/c1-3-4-20-42-35(46)33(21-26-8-6-5-7-9-26)43(23-27-12-14-28(37)15-13-27)34(45)24-44(49(47,48)30-17-10-25(2)11-18-30)29-16-19-32(38)31(22-29)36(39,40)41/h5-19,22,33H,3-4,20-21,23-24H2,1-2H3,(H,42,46)/t33-/m0/s1. The van der Waals surface area contributed by atoms with Gasteiger partial charge in [-0.25, -0.2) is 8.42 Å². The molecule has 0 aliphatic rings. The number of anilines is 1. The summed E-state index contributed by atoms with van der Waals surface area (Å²) in [4.78, 5) is 29.4. The number of hydrogen-bond donors (Lipinski definition) is 1. The quantitative estimate of drug-likeness (QED) is 0.131. The van der Waals surface area contributed by atoms with Gasteiger partial charge in [0.25, 0.3) is 10.0 Å². The Balaban J connectivity index is 1.85. The van der Waals surface area contributed by atoms with Crippen molar-refractivity contribution in [2.45, 2.75) is 56.8 Å². The highest BCUT2D eigenvalue weighted by Gasteiger charge is 2.37. The van der Waals surface area contributed by atoms with Crippen LogP contribution in [0, 0.1) is 6.92 Å². The molecule has 4 rings (SSSR count). The van der Waals surface area contributed by atoms with Crippen LogP contribution in [-0.4, -0.2) is 44.3 Å². The van der Waals surface area contributed by atoms with E-state index in [9.17, 15) is 31.2 Å². The van der Waals surface area contributed by atoms with Gasteiger partial charge in [-0.05, 0) is 66.9 Å². The molecule has 0 bridgehead atoms. The van der Waals surface area contributed by atoms with E-state index < -0.39 is 56.9 Å². The van der Waals surface area contributed by atoms with E-state index in [0.29, 0.717) is 28.9 Å². The molecule has 0 saturated carbocycles.